The fraction of sp³-hybridized carbons (Fsp3) is 0.370. The van der Waals surface area contributed by atoms with Crippen LogP contribution in [0.3, 0.4) is 0 Å². The van der Waals surface area contributed by atoms with E-state index in [1.807, 2.05) is 45.0 Å². The van der Waals surface area contributed by atoms with Gasteiger partial charge in [0.05, 0.1) is 23.5 Å². The summed E-state index contributed by atoms with van der Waals surface area (Å²) >= 11 is 6.43. The third-order valence-electron chi connectivity index (χ3n) is 5.55. The number of rotatable bonds is 10. The van der Waals surface area contributed by atoms with Gasteiger partial charge in [0.2, 0.25) is 5.91 Å². The molecule has 0 bridgehead atoms. The van der Waals surface area contributed by atoms with Gasteiger partial charge in [-0.3, -0.25) is 4.79 Å². The lowest BCUT2D eigenvalue weighted by Gasteiger charge is -2.23. The van der Waals surface area contributed by atoms with Crippen molar-refractivity contribution in [2.45, 2.75) is 32.6 Å². The Morgan fingerprint density at radius 2 is 1.81 bits per heavy atom. The molecule has 1 aromatic heterocycles. The van der Waals surface area contributed by atoms with Gasteiger partial charge in [-0.15, -0.1) is 0 Å². The Morgan fingerprint density at radius 1 is 1.05 bits per heavy atom. The summed E-state index contributed by atoms with van der Waals surface area (Å²) < 4.78 is 12.0. The summed E-state index contributed by atoms with van der Waals surface area (Å²) in [5.41, 5.74) is 1.74. The average Bonchev–Trinajstić information content (AvgIpc) is 3.28. The van der Waals surface area contributed by atoms with Gasteiger partial charge in [-0.25, -0.2) is 9.48 Å². The highest BCUT2D eigenvalue weighted by atomic mass is 35.5. The zero-order chi connectivity index (χ0) is 27.0. The van der Waals surface area contributed by atoms with Gasteiger partial charge in [0, 0.05) is 43.5 Å². The van der Waals surface area contributed by atoms with Crippen LogP contribution in [0, 0.1) is 0 Å². The zero-order valence-corrected chi connectivity index (χ0v) is 22.6. The molecule has 0 aliphatic carbocycles. The van der Waals surface area contributed by atoms with Crippen molar-refractivity contribution in [2.75, 3.05) is 44.5 Å². The molecule has 198 valence electrons. The van der Waals surface area contributed by atoms with Crippen LogP contribution in [0.2, 0.25) is 5.02 Å². The number of hydrogen-bond acceptors (Lipinski definition) is 5. The van der Waals surface area contributed by atoms with E-state index >= 15 is 0 Å². The predicted octanol–water partition coefficient (Wildman–Crippen LogP) is 5.34. The third kappa shape index (κ3) is 7.71. The van der Waals surface area contributed by atoms with Gasteiger partial charge in [-0.1, -0.05) is 50.6 Å². The molecule has 0 aliphatic heterocycles. The van der Waals surface area contributed by atoms with E-state index in [4.69, 9.17) is 26.2 Å². The molecule has 2 N–H and O–H groups in total. The molecule has 0 aliphatic rings. The topological polar surface area (TPSA) is 97.7 Å². The molecule has 10 heteroatoms. The number of amides is 3. The van der Waals surface area contributed by atoms with Crippen LogP contribution in [-0.2, 0) is 14.9 Å². The van der Waals surface area contributed by atoms with E-state index in [0.29, 0.717) is 47.5 Å². The molecule has 3 amide bonds. The lowest BCUT2D eigenvalue weighted by molar-refractivity contribution is -0.116. The van der Waals surface area contributed by atoms with Crippen molar-refractivity contribution in [3.8, 4) is 11.4 Å². The Hall–Kier alpha value is -3.56. The number of hydrogen-bond donors (Lipinski definition) is 2. The molecule has 0 saturated carbocycles. The Kier molecular flexibility index (Phi) is 9.54. The molecule has 2 aromatic carbocycles. The van der Waals surface area contributed by atoms with Crippen LogP contribution in [0.25, 0.3) is 5.69 Å². The molecular formula is C27H34ClN5O4. The highest BCUT2D eigenvalue weighted by molar-refractivity contribution is 6.32. The summed E-state index contributed by atoms with van der Waals surface area (Å²) in [5, 5.41) is 11.0. The van der Waals surface area contributed by atoms with Crippen molar-refractivity contribution in [1.29, 1.82) is 0 Å². The Balaban J connectivity index is 1.81. The summed E-state index contributed by atoms with van der Waals surface area (Å²) in [4.78, 5) is 27.7. The number of nitrogens with zero attached hydrogens (tertiary/aromatic N) is 3. The minimum atomic E-state index is -0.408. The second-order valence-corrected chi connectivity index (χ2v) is 9.91. The van der Waals surface area contributed by atoms with Crippen LogP contribution in [0.4, 0.5) is 16.3 Å². The van der Waals surface area contributed by atoms with E-state index in [0.717, 1.165) is 5.69 Å². The molecule has 3 aromatic rings. The van der Waals surface area contributed by atoms with Crippen LogP contribution in [0.1, 0.15) is 32.9 Å². The molecular weight excluding hydrogens is 494 g/mol. The maximum absolute atomic E-state index is 13.2. The third-order valence-corrected chi connectivity index (χ3v) is 5.86. The molecule has 0 fully saturated rings. The van der Waals surface area contributed by atoms with Gasteiger partial charge in [0.15, 0.2) is 0 Å². The van der Waals surface area contributed by atoms with Crippen molar-refractivity contribution in [3.63, 3.8) is 0 Å². The molecule has 0 atom stereocenters. The van der Waals surface area contributed by atoms with Crippen LogP contribution < -0.4 is 15.4 Å². The van der Waals surface area contributed by atoms with Gasteiger partial charge in [-0.05, 0) is 30.7 Å². The second-order valence-electron chi connectivity index (χ2n) is 9.51. The normalized spacial score (nSPS) is 11.2. The minimum Gasteiger partial charge on any atom is -0.497 e. The van der Waals surface area contributed by atoms with E-state index in [2.05, 4.69) is 10.6 Å². The Bertz CT molecular complexity index is 1220. The highest BCUT2D eigenvalue weighted by Crippen LogP contribution is 2.29. The van der Waals surface area contributed by atoms with Crippen molar-refractivity contribution in [1.82, 2.24) is 14.7 Å². The maximum atomic E-state index is 13.2. The lowest BCUT2D eigenvalue weighted by atomic mass is 9.92. The zero-order valence-electron chi connectivity index (χ0n) is 21.9. The second kappa shape index (κ2) is 12.6. The summed E-state index contributed by atoms with van der Waals surface area (Å²) in [6.45, 7) is 6.74. The van der Waals surface area contributed by atoms with E-state index in [9.17, 15) is 9.59 Å². The fourth-order valence-electron chi connectivity index (χ4n) is 3.56. The summed E-state index contributed by atoms with van der Waals surface area (Å²) in [6, 6.07) is 15.7. The number of nitrogens with one attached hydrogen (secondary N) is 2. The van der Waals surface area contributed by atoms with Crippen LogP contribution in [0.5, 0.6) is 5.75 Å². The molecule has 0 spiro atoms. The van der Waals surface area contributed by atoms with Crippen molar-refractivity contribution < 1.29 is 19.1 Å². The lowest BCUT2D eigenvalue weighted by Crippen LogP contribution is -2.41. The van der Waals surface area contributed by atoms with Crippen molar-refractivity contribution >= 4 is 35.0 Å². The van der Waals surface area contributed by atoms with Gasteiger partial charge >= 0.3 is 6.03 Å². The monoisotopic (exact) mass is 527 g/mol. The van der Waals surface area contributed by atoms with E-state index in [1.165, 1.54) is 4.90 Å². The summed E-state index contributed by atoms with van der Waals surface area (Å²) in [7, 11) is 3.15. The van der Waals surface area contributed by atoms with E-state index in [1.54, 1.807) is 49.2 Å². The molecule has 9 nitrogen and oxygen atoms in total. The quantitative estimate of drug-likeness (QED) is 0.347. The Morgan fingerprint density at radius 3 is 2.49 bits per heavy atom. The molecule has 1 heterocycles. The number of methoxy groups -OCH3 is 2. The van der Waals surface area contributed by atoms with Gasteiger partial charge in [0.25, 0.3) is 0 Å². The Labute approximate surface area is 222 Å². The number of urea groups is 1. The SMILES string of the molecule is COCCCN(CC(=O)Nc1cc(C(C)(C)C)nn1-c1ccccc1Cl)C(=O)Nc1cccc(OC)c1. The van der Waals surface area contributed by atoms with Gasteiger partial charge in [0.1, 0.15) is 18.1 Å². The number of aromatic nitrogens is 2. The van der Waals surface area contributed by atoms with Gasteiger partial charge in [-0.2, -0.15) is 5.10 Å². The fourth-order valence-corrected chi connectivity index (χ4v) is 3.77. The number of carbonyl (C=O) groups is 2. The van der Waals surface area contributed by atoms with Crippen LogP contribution in [-0.4, -0.2) is 60.5 Å². The number of halogens is 1. The number of anilines is 2. The van der Waals surface area contributed by atoms with E-state index < -0.39 is 6.03 Å². The molecule has 0 saturated heterocycles. The van der Waals surface area contributed by atoms with Crippen LogP contribution in [0.15, 0.2) is 54.6 Å². The number of ether oxygens (including phenoxy) is 2. The first kappa shape index (κ1) is 28.0. The van der Waals surface area contributed by atoms with Crippen molar-refractivity contribution in [3.05, 3.63) is 65.3 Å². The van der Waals surface area contributed by atoms with E-state index in [-0.39, 0.29) is 17.9 Å². The summed E-state index contributed by atoms with van der Waals surface area (Å²) in [6.07, 6.45) is 0.570. The first-order valence-electron chi connectivity index (χ1n) is 12.0. The number of benzene rings is 2. The predicted molar refractivity (Wildman–Crippen MR) is 146 cm³/mol. The molecule has 37 heavy (non-hydrogen) atoms. The summed E-state index contributed by atoms with van der Waals surface area (Å²) in [5.74, 6) is 0.712. The van der Waals surface area contributed by atoms with Gasteiger partial charge < -0.3 is 25.0 Å². The largest absolute Gasteiger partial charge is 0.497 e. The first-order chi connectivity index (χ1) is 17.6. The number of carbonyl (C=O) groups excluding carboxylic acids is 2. The standard InChI is InChI=1S/C27H34ClN5O4/c1-27(2,3)23-17-24(33(31-23)22-13-7-6-12-21(22)28)30-25(34)18-32(14-9-15-36-4)26(35)29-19-10-8-11-20(16-19)37-5/h6-8,10-13,16-17H,9,14-15,18H2,1-5H3,(H,29,35)(H,30,34). The first-order valence-corrected chi connectivity index (χ1v) is 12.3. The van der Waals surface area contributed by atoms with Crippen molar-refractivity contribution in [2.24, 2.45) is 0 Å². The molecule has 3 rings (SSSR count). The number of para-hydroxylation sites is 1. The average molecular weight is 528 g/mol. The minimum absolute atomic E-state index is 0.169. The maximum Gasteiger partial charge on any atom is 0.322 e. The highest BCUT2D eigenvalue weighted by Gasteiger charge is 2.24. The van der Waals surface area contributed by atoms with Crippen LogP contribution >= 0.6 is 11.6 Å². The molecule has 0 unspecified atom stereocenters. The smallest absolute Gasteiger partial charge is 0.322 e. The molecule has 0 radical (unpaired) electrons.